The van der Waals surface area contributed by atoms with Gasteiger partial charge in [0.2, 0.25) is 0 Å². The topological polar surface area (TPSA) is 110 Å². The van der Waals surface area contributed by atoms with Gasteiger partial charge < -0.3 is 19.1 Å². The van der Waals surface area contributed by atoms with Gasteiger partial charge in [0.25, 0.3) is 5.88 Å². The first-order valence-electron chi connectivity index (χ1n) is 12.8. The minimum absolute atomic E-state index is 0.00410. The third-order valence-electron chi connectivity index (χ3n) is 6.89. The van der Waals surface area contributed by atoms with Crippen molar-refractivity contribution in [3.8, 4) is 23.2 Å². The molecule has 0 spiro atoms. The van der Waals surface area contributed by atoms with E-state index in [-0.39, 0.29) is 29.9 Å². The van der Waals surface area contributed by atoms with Crippen LogP contribution in [0.5, 0.6) is 5.88 Å². The molecule has 0 bridgehead atoms. The number of halogens is 2. The molecule has 1 aliphatic rings. The van der Waals surface area contributed by atoms with Crippen molar-refractivity contribution in [1.29, 1.82) is 5.26 Å². The van der Waals surface area contributed by atoms with Crippen molar-refractivity contribution in [2.24, 2.45) is 0 Å². The van der Waals surface area contributed by atoms with Gasteiger partial charge in [-0.2, -0.15) is 5.26 Å². The molecule has 1 atom stereocenters. The van der Waals surface area contributed by atoms with Crippen molar-refractivity contribution in [3.05, 3.63) is 99.7 Å². The zero-order valence-electron chi connectivity index (χ0n) is 21.5. The third kappa shape index (κ3) is 5.52. The summed E-state index contributed by atoms with van der Waals surface area (Å²) >= 11 is 1.08. The molecular formula is C30H22F2N4O4S. The number of imidazole rings is 1. The standard InChI is InChI=1S/C30H22F2N4O4S/c31-22-7-8-24(34-28(22)40-16-18-3-1-17(14-33)2-4-18)20-6-5-19(23(32)11-20)12-27-35-29-25(13-26(41-29)30(37)38)36(27)15-21-9-10-39-21/h1-8,11,13,21H,9-10,12,15-16H2,(H,37,38)/t21-/m0/s1. The number of hydrogen-bond donors (Lipinski definition) is 1. The lowest BCUT2D eigenvalue weighted by molar-refractivity contribution is -0.0589. The number of nitriles is 1. The van der Waals surface area contributed by atoms with Crippen LogP contribution in [-0.2, 0) is 24.3 Å². The predicted molar refractivity (Wildman–Crippen MR) is 147 cm³/mol. The molecule has 1 fully saturated rings. The molecule has 0 unspecified atom stereocenters. The van der Waals surface area contributed by atoms with Crippen LogP contribution in [0, 0.1) is 23.0 Å². The molecule has 1 saturated heterocycles. The van der Waals surface area contributed by atoms with Crippen LogP contribution in [0.15, 0.2) is 60.7 Å². The Bertz CT molecular complexity index is 1810. The highest BCUT2D eigenvalue weighted by Gasteiger charge is 2.24. The Morgan fingerprint density at radius 3 is 2.61 bits per heavy atom. The molecule has 0 saturated carbocycles. The Morgan fingerprint density at radius 1 is 1.12 bits per heavy atom. The minimum atomic E-state index is -1.01. The number of pyridine rings is 1. The highest BCUT2D eigenvalue weighted by atomic mass is 32.1. The molecule has 0 radical (unpaired) electrons. The van der Waals surface area contributed by atoms with Crippen LogP contribution in [0.25, 0.3) is 21.6 Å². The summed E-state index contributed by atoms with van der Waals surface area (Å²) in [5.74, 6) is -1.73. The summed E-state index contributed by atoms with van der Waals surface area (Å²) in [5, 5.41) is 18.3. The summed E-state index contributed by atoms with van der Waals surface area (Å²) in [7, 11) is 0. The van der Waals surface area contributed by atoms with E-state index in [2.05, 4.69) is 9.97 Å². The number of hydrogen-bond acceptors (Lipinski definition) is 7. The number of aromatic carboxylic acids is 1. The van der Waals surface area contributed by atoms with Gasteiger partial charge in [0, 0.05) is 18.6 Å². The lowest BCUT2D eigenvalue weighted by atomic mass is 10.0. The molecule has 11 heteroatoms. The lowest BCUT2D eigenvalue weighted by Gasteiger charge is -2.27. The number of ether oxygens (including phenoxy) is 2. The average molecular weight is 573 g/mol. The van der Waals surface area contributed by atoms with E-state index in [1.165, 1.54) is 18.2 Å². The van der Waals surface area contributed by atoms with E-state index in [0.717, 1.165) is 23.3 Å². The van der Waals surface area contributed by atoms with Gasteiger partial charge in [0.05, 0.1) is 35.5 Å². The number of benzene rings is 2. The third-order valence-corrected chi connectivity index (χ3v) is 7.89. The summed E-state index contributed by atoms with van der Waals surface area (Å²) in [4.78, 5) is 21.1. The second-order valence-electron chi connectivity index (χ2n) is 9.59. The second kappa shape index (κ2) is 11.1. The Labute approximate surface area is 237 Å². The lowest BCUT2D eigenvalue weighted by Crippen LogP contribution is -2.31. The summed E-state index contributed by atoms with van der Waals surface area (Å²) in [6, 6.07) is 17.7. The number of carboxylic acids is 1. The SMILES string of the molecule is N#Cc1ccc(COc2nc(-c3ccc(Cc4nc5sc(C(=O)O)cc5n4C[C@@H]4CCO4)c(F)c3)ccc2F)cc1. The molecule has 2 aromatic carbocycles. The zero-order chi connectivity index (χ0) is 28.5. The monoisotopic (exact) mass is 572 g/mol. The van der Waals surface area contributed by atoms with Crippen LogP contribution in [0.3, 0.4) is 0 Å². The van der Waals surface area contributed by atoms with E-state index in [1.807, 2.05) is 10.6 Å². The average Bonchev–Trinajstić information content (AvgIpc) is 3.50. The van der Waals surface area contributed by atoms with Gasteiger partial charge in [-0.05, 0) is 53.9 Å². The number of nitrogens with zero attached hydrogens (tertiary/aromatic N) is 4. The van der Waals surface area contributed by atoms with E-state index in [0.29, 0.717) is 51.7 Å². The van der Waals surface area contributed by atoms with Crippen LogP contribution in [0.1, 0.15) is 38.6 Å². The Kier molecular flexibility index (Phi) is 7.17. The highest BCUT2D eigenvalue weighted by molar-refractivity contribution is 7.20. The molecule has 206 valence electrons. The fourth-order valence-corrected chi connectivity index (χ4v) is 5.46. The molecule has 41 heavy (non-hydrogen) atoms. The van der Waals surface area contributed by atoms with Gasteiger partial charge in [-0.1, -0.05) is 24.3 Å². The number of fused-ring (bicyclic) bond motifs is 1. The fraction of sp³-hybridized carbons (Fsp3) is 0.200. The molecule has 3 aromatic heterocycles. The van der Waals surface area contributed by atoms with Gasteiger partial charge in [-0.25, -0.2) is 23.5 Å². The van der Waals surface area contributed by atoms with Crippen molar-refractivity contribution < 1.29 is 28.2 Å². The largest absolute Gasteiger partial charge is 0.477 e. The summed E-state index contributed by atoms with van der Waals surface area (Å²) in [5.41, 5.74) is 3.14. The molecule has 5 aromatic rings. The van der Waals surface area contributed by atoms with Gasteiger partial charge in [0.15, 0.2) is 5.82 Å². The van der Waals surface area contributed by atoms with Crippen molar-refractivity contribution >= 4 is 27.7 Å². The van der Waals surface area contributed by atoms with Crippen molar-refractivity contribution in [2.45, 2.75) is 32.1 Å². The van der Waals surface area contributed by atoms with Crippen molar-refractivity contribution in [1.82, 2.24) is 14.5 Å². The van der Waals surface area contributed by atoms with Crippen LogP contribution in [0.2, 0.25) is 0 Å². The van der Waals surface area contributed by atoms with E-state index in [9.17, 15) is 14.3 Å². The molecular weight excluding hydrogens is 550 g/mol. The summed E-state index contributed by atoms with van der Waals surface area (Å²) < 4.78 is 42.9. The number of carbonyl (C=O) groups is 1. The normalized spacial score (nSPS) is 14.5. The van der Waals surface area contributed by atoms with E-state index in [1.54, 1.807) is 42.5 Å². The van der Waals surface area contributed by atoms with Crippen LogP contribution in [-0.4, -0.2) is 38.3 Å². The van der Waals surface area contributed by atoms with Gasteiger partial charge in [-0.3, -0.25) is 0 Å². The van der Waals surface area contributed by atoms with Crippen LogP contribution < -0.4 is 4.74 Å². The first kappa shape index (κ1) is 26.6. The number of carboxylic acid groups (broad SMARTS) is 1. The summed E-state index contributed by atoms with van der Waals surface area (Å²) in [6.45, 7) is 1.24. The molecule has 8 nitrogen and oxygen atoms in total. The maximum atomic E-state index is 15.4. The maximum absolute atomic E-state index is 15.4. The zero-order valence-corrected chi connectivity index (χ0v) is 22.3. The molecule has 4 heterocycles. The molecule has 1 N–H and O–H groups in total. The quantitative estimate of drug-likeness (QED) is 0.232. The molecule has 6 rings (SSSR count). The van der Waals surface area contributed by atoms with E-state index < -0.39 is 17.6 Å². The highest BCUT2D eigenvalue weighted by Crippen LogP contribution is 2.30. The van der Waals surface area contributed by atoms with E-state index >= 15 is 4.39 Å². The minimum Gasteiger partial charge on any atom is -0.477 e. The smallest absolute Gasteiger partial charge is 0.346 e. The fourth-order valence-electron chi connectivity index (χ4n) is 4.57. The van der Waals surface area contributed by atoms with Crippen molar-refractivity contribution in [2.75, 3.05) is 6.61 Å². The van der Waals surface area contributed by atoms with Gasteiger partial charge in [0.1, 0.15) is 28.0 Å². The molecule has 1 aliphatic heterocycles. The number of rotatable bonds is 9. The Balaban J connectivity index is 1.23. The molecule has 0 amide bonds. The van der Waals surface area contributed by atoms with Crippen molar-refractivity contribution in [3.63, 3.8) is 0 Å². The predicted octanol–water partition coefficient (Wildman–Crippen LogP) is 5.97. The van der Waals surface area contributed by atoms with Crippen LogP contribution >= 0.6 is 11.3 Å². The first-order chi connectivity index (χ1) is 19.9. The van der Waals surface area contributed by atoms with E-state index in [4.69, 9.17) is 14.7 Å². The first-order valence-corrected chi connectivity index (χ1v) is 13.6. The molecule has 0 aliphatic carbocycles. The Hall–Kier alpha value is -4.66. The van der Waals surface area contributed by atoms with Crippen LogP contribution in [0.4, 0.5) is 8.78 Å². The number of aromatic nitrogens is 3. The number of thiophene rings is 1. The maximum Gasteiger partial charge on any atom is 0.346 e. The summed E-state index contributed by atoms with van der Waals surface area (Å²) in [6.07, 6.45) is 1.09. The second-order valence-corrected chi connectivity index (χ2v) is 10.6. The van der Waals surface area contributed by atoms with Gasteiger partial charge in [-0.15, -0.1) is 11.3 Å². The Morgan fingerprint density at radius 2 is 1.93 bits per heavy atom. The van der Waals surface area contributed by atoms with Gasteiger partial charge >= 0.3 is 5.97 Å².